The van der Waals surface area contributed by atoms with E-state index in [0.717, 1.165) is 38.8 Å². The van der Waals surface area contributed by atoms with Crippen LogP contribution in [-0.2, 0) is 6.54 Å². The molecule has 5 nitrogen and oxygen atoms in total. The van der Waals surface area contributed by atoms with E-state index in [9.17, 15) is 4.79 Å². The fraction of sp³-hybridized carbons (Fsp3) is 0.292. The first-order chi connectivity index (χ1) is 15.0. The molecule has 4 aromatic rings. The molecule has 0 atom stereocenters. The smallest absolute Gasteiger partial charge is 0.260 e. The highest BCUT2D eigenvalue weighted by Crippen LogP contribution is 2.32. The summed E-state index contributed by atoms with van der Waals surface area (Å²) in [5, 5.41) is 1.21. The van der Waals surface area contributed by atoms with Gasteiger partial charge in [-0.05, 0) is 43.2 Å². The number of fused-ring (bicyclic) bond motifs is 1. The minimum absolute atomic E-state index is 0.00598. The largest absolute Gasteiger partial charge is 0.337 e. The number of amides is 1. The molecule has 0 unspecified atom stereocenters. The van der Waals surface area contributed by atoms with E-state index in [4.69, 9.17) is 4.98 Å². The summed E-state index contributed by atoms with van der Waals surface area (Å²) >= 11 is 3.34. The van der Waals surface area contributed by atoms with Crippen LogP contribution in [0, 0.1) is 6.92 Å². The zero-order valence-corrected chi connectivity index (χ0v) is 19.6. The summed E-state index contributed by atoms with van der Waals surface area (Å²) in [6.07, 6.45) is 6.34. The number of hydrogen-bond donors (Lipinski definition) is 0. The van der Waals surface area contributed by atoms with Gasteiger partial charge in [-0.25, -0.2) is 9.97 Å². The number of thiazole rings is 1. The molecule has 4 rings (SSSR count). The van der Waals surface area contributed by atoms with Gasteiger partial charge in [0.2, 0.25) is 0 Å². The van der Waals surface area contributed by atoms with Gasteiger partial charge in [0.05, 0.1) is 16.5 Å². The van der Waals surface area contributed by atoms with Gasteiger partial charge in [-0.2, -0.15) is 0 Å². The van der Waals surface area contributed by atoms with Crippen LogP contribution in [0.4, 0.5) is 5.13 Å². The summed E-state index contributed by atoms with van der Waals surface area (Å²) in [5.74, 6) is -0.00598. The number of carbonyl (C=O) groups is 1. The molecule has 0 saturated carbocycles. The monoisotopic (exact) mass is 450 g/mol. The van der Waals surface area contributed by atoms with E-state index in [-0.39, 0.29) is 5.91 Å². The number of rotatable bonds is 8. The number of para-hydroxylation sites is 1. The highest BCUT2D eigenvalue weighted by molar-refractivity contribution is 7.99. The second-order valence-corrected chi connectivity index (χ2v) is 10.4. The zero-order chi connectivity index (χ0) is 21.8. The number of aromatic nitrogens is 3. The van der Waals surface area contributed by atoms with Crippen molar-refractivity contribution >= 4 is 44.4 Å². The van der Waals surface area contributed by atoms with Crippen LogP contribution in [-0.4, -0.2) is 32.2 Å². The third-order valence-electron chi connectivity index (χ3n) is 4.90. The van der Waals surface area contributed by atoms with Crippen LogP contribution in [0.15, 0.2) is 66.1 Å². The highest BCUT2D eigenvalue weighted by Gasteiger charge is 2.22. The van der Waals surface area contributed by atoms with Crippen LogP contribution in [0.2, 0.25) is 0 Å². The molecule has 7 heteroatoms. The summed E-state index contributed by atoms with van der Waals surface area (Å²) < 4.78 is 3.14. The molecule has 160 valence electrons. The van der Waals surface area contributed by atoms with Gasteiger partial charge in [0, 0.05) is 41.2 Å². The maximum Gasteiger partial charge on any atom is 0.260 e. The summed E-state index contributed by atoms with van der Waals surface area (Å²) in [7, 11) is 0. The van der Waals surface area contributed by atoms with Crippen LogP contribution in [0.1, 0.15) is 36.2 Å². The van der Waals surface area contributed by atoms with Crippen LogP contribution in [0.5, 0.6) is 0 Å². The van der Waals surface area contributed by atoms with E-state index in [1.54, 1.807) is 35.6 Å². The molecule has 0 aliphatic heterocycles. The number of carbonyl (C=O) groups excluding carboxylic acids is 1. The van der Waals surface area contributed by atoms with E-state index >= 15 is 0 Å². The Morgan fingerprint density at radius 3 is 2.81 bits per heavy atom. The predicted molar refractivity (Wildman–Crippen MR) is 130 cm³/mol. The van der Waals surface area contributed by atoms with Gasteiger partial charge >= 0.3 is 0 Å². The fourth-order valence-electron chi connectivity index (χ4n) is 3.43. The number of benzene rings is 2. The zero-order valence-electron chi connectivity index (χ0n) is 18.0. The number of hydrogen-bond acceptors (Lipinski definition) is 5. The summed E-state index contributed by atoms with van der Waals surface area (Å²) in [5.41, 5.74) is 2.80. The first-order valence-corrected chi connectivity index (χ1v) is 12.1. The lowest BCUT2D eigenvalue weighted by Crippen LogP contribution is -2.32. The molecule has 2 aromatic carbocycles. The molecule has 2 heterocycles. The standard InChI is InChI=1S/C24H26N4OS2/c1-17(2)30-20-9-5-8-19(15-20)23(29)28(13-6-12-27-14-11-25-16-27)24-26-22-18(3)7-4-10-21(22)31-24/h4-5,7-11,14-17H,6,12-13H2,1-3H3. The van der Waals surface area contributed by atoms with Crippen molar-refractivity contribution in [3.8, 4) is 0 Å². The number of imidazole rings is 1. The average molecular weight is 451 g/mol. The minimum Gasteiger partial charge on any atom is -0.337 e. The van der Waals surface area contributed by atoms with Crippen molar-refractivity contribution in [1.29, 1.82) is 0 Å². The van der Waals surface area contributed by atoms with E-state index in [2.05, 4.69) is 44.0 Å². The molecule has 0 radical (unpaired) electrons. The number of aryl methyl sites for hydroxylation is 2. The van der Waals surface area contributed by atoms with Gasteiger partial charge in [-0.1, -0.05) is 43.4 Å². The minimum atomic E-state index is -0.00598. The van der Waals surface area contributed by atoms with Gasteiger partial charge in [-0.3, -0.25) is 9.69 Å². The maximum atomic E-state index is 13.6. The summed E-state index contributed by atoms with van der Waals surface area (Å²) in [6.45, 7) is 7.77. The first kappa shape index (κ1) is 21.6. The quantitative estimate of drug-likeness (QED) is 0.307. The Morgan fingerprint density at radius 2 is 2.06 bits per heavy atom. The predicted octanol–water partition coefficient (Wildman–Crippen LogP) is 6.04. The summed E-state index contributed by atoms with van der Waals surface area (Å²) in [4.78, 5) is 25.5. The van der Waals surface area contributed by atoms with Crippen molar-refractivity contribution in [2.75, 3.05) is 11.4 Å². The van der Waals surface area contributed by atoms with Crippen LogP contribution >= 0.6 is 23.1 Å². The molecule has 31 heavy (non-hydrogen) atoms. The lowest BCUT2D eigenvalue weighted by Gasteiger charge is -2.20. The Bertz CT molecular complexity index is 1170. The molecule has 2 aromatic heterocycles. The van der Waals surface area contributed by atoms with Crippen molar-refractivity contribution in [2.45, 2.75) is 43.9 Å². The Morgan fingerprint density at radius 1 is 1.23 bits per heavy atom. The molecular weight excluding hydrogens is 424 g/mol. The Hall–Kier alpha value is -2.64. The molecule has 0 saturated heterocycles. The SMILES string of the molecule is Cc1cccc2sc(N(CCCn3ccnc3)C(=O)c3cccc(SC(C)C)c3)nc12. The molecule has 0 spiro atoms. The Kier molecular flexibility index (Phi) is 6.73. The van der Waals surface area contributed by atoms with Crippen molar-refractivity contribution in [2.24, 2.45) is 0 Å². The van der Waals surface area contributed by atoms with Gasteiger partial charge < -0.3 is 4.57 Å². The third kappa shape index (κ3) is 5.17. The second kappa shape index (κ2) is 9.66. The van der Waals surface area contributed by atoms with E-state index in [1.165, 1.54) is 0 Å². The topological polar surface area (TPSA) is 51.0 Å². The van der Waals surface area contributed by atoms with Crippen molar-refractivity contribution in [3.05, 3.63) is 72.3 Å². The van der Waals surface area contributed by atoms with E-state index in [1.807, 2.05) is 39.9 Å². The molecular formula is C24H26N4OS2. The molecule has 1 amide bonds. The Labute approximate surface area is 191 Å². The molecule has 0 bridgehead atoms. The van der Waals surface area contributed by atoms with E-state index in [0.29, 0.717) is 17.4 Å². The van der Waals surface area contributed by atoms with Gasteiger partial charge in [0.1, 0.15) is 0 Å². The fourth-order valence-corrected chi connectivity index (χ4v) is 5.40. The van der Waals surface area contributed by atoms with Crippen LogP contribution in [0.3, 0.4) is 0 Å². The lowest BCUT2D eigenvalue weighted by molar-refractivity contribution is 0.0986. The highest BCUT2D eigenvalue weighted by atomic mass is 32.2. The van der Waals surface area contributed by atoms with Crippen LogP contribution in [0.25, 0.3) is 10.2 Å². The normalized spacial score (nSPS) is 11.4. The maximum absolute atomic E-state index is 13.6. The average Bonchev–Trinajstić information content (AvgIpc) is 3.41. The number of anilines is 1. The van der Waals surface area contributed by atoms with Crippen molar-refractivity contribution in [3.63, 3.8) is 0 Å². The molecule has 0 aliphatic carbocycles. The lowest BCUT2D eigenvalue weighted by atomic mass is 10.2. The second-order valence-electron chi connectivity index (χ2n) is 7.72. The molecule has 0 N–H and O–H groups in total. The number of nitrogens with zero attached hydrogens (tertiary/aromatic N) is 4. The first-order valence-electron chi connectivity index (χ1n) is 10.4. The van der Waals surface area contributed by atoms with Gasteiger partial charge in [0.25, 0.3) is 5.91 Å². The van der Waals surface area contributed by atoms with Gasteiger partial charge in [-0.15, -0.1) is 11.8 Å². The van der Waals surface area contributed by atoms with Gasteiger partial charge in [0.15, 0.2) is 5.13 Å². The third-order valence-corrected chi connectivity index (χ3v) is 6.94. The van der Waals surface area contributed by atoms with Crippen LogP contribution < -0.4 is 4.90 Å². The Balaban J connectivity index is 1.63. The van der Waals surface area contributed by atoms with E-state index < -0.39 is 0 Å². The number of thioether (sulfide) groups is 1. The summed E-state index contributed by atoms with van der Waals surface area (Å²) in [6, 6.07) is 14.1. The van der Waals surface area contributed by atoms with Crippen molar-refractivity contribution < 1.29 is 4.79 Å². The molecule has 0 aliphatic rings. The molecule has 0 fully saturated rings. The van der Waals surface area contributed by atoms with Crippen molar-refractivity contribution in [1.82, 2.24) is 14.5 Å².